The molecule has 6 rings (SSSR count). The van der Waals surface area contributed by atoms with Crippen molar-refractivity contribution in [2.24, 2.45) is 5.92 Å². The summed E-state index contributed by atoms with van der Waals surface area (Å²) in [6.45, 7) is 2.66. The lowest BCUT2D eigenvalue weighted by atomic mass is 9.89. The smallest absolute Gasteiger partial charge is 0.232 e. The molecular formula is C31H31NO2. The Bertz CT molecular complexity index is 1280. The minimum Gasteiger partial charge on any atom is -0.488 e. The minimum atomic E-state index is -0.00647. The number of nitrogens with one attached hydrogen (secondary N) is 1. The highest BCUT2D eigenvalue weighted by atomic mass is 16.5. The Balaban J connectivity index is 1.35. The zero-order valence-electron chi connectivity index (χ0n) is 19.8. The van der Waals surface area contributed by atoms with Gasteiger partial charge in [0.25, 0.3) is 0 Å². The molecule has 3 aromatic rings. The molecule has 2 aliphatic heterocycles. The number of hydrogen-bond acceptors (Lipinski definition) is 2. The van der Waals surface area contributed by atoms with Crippen molar-refractivity contribution in [1.82, 2.24) is 0 Å². The van der Waals surface area contributed by atoms with E-state index in [1.807, 2.05) is 0 Å². The first-order valence-corrected chi connectivity index (χ1v) is 12.6. The van der Waals surface area contributed by atoms with Crippen LogP contribution in [0.4, 0.5) is 5.69 Å². The minimum absolute atomic E-state index is 0.00647. The highest BCUT2D eigenvalue weighted by molar-refractivity contribution is 6.03. The average Bonchev–Trinajstić information content (AvgIpc) is 3.43. The molecule has 34 heavy (non-hydrogen) atoms. The molecule has 0 spiro atoms. The molecule has 0 radical (unpaired) electrons. The van der Waals surface area contributed by atoms with Crippen molar-refractivity contribution < 1.29 is 9.53 Å². The molecule has 172 valence electrons. The molecule has 1 saturated carbocycles. The van der Waals surface area contributed by atoms with Gasteiger partial charge < -0.3 is 10.1 Å². The van der Waals surface area contributed by atoms with Gasteiger partial charge in [0, 0.05) is 11.3 Å². The molecular weight excluding hydrogens is 418 g/mol. The van der Waals surface area contributed by atoms with E-state index in [9.17, 15) is 4.79 Å². The van der Waals surface area contributed by atoms with Gasteiger partial charge in [0.15, 0.2) is 0 Å². The van der Waals surface area contributed by atoms with E-state index < -0.39 is 0 Å². The molecule has 0 bridgehead atoms. The zero-order chi connectivity index (χ0) is 23.1. The van der Waals surface area contributed by atoms with Crippen LogP contribution in [0.5, 0.6) is 5.75 Å². The molecule has 3 nitrogen and oxygen atoms in total. The van der Waals surface area contributed by atoms with Gasteiger partial charge in [0.1, 0.15) is 12.4 Å². The molecule has 3 heteroatoms. The first-order valence-electron chi connectivity index (χ1n) is 12.6. The lowest BCUT2D eigenvalue weighted by molar-refractivity contribution is -0.117. The first kappa shape index (κ1) is 21.2. The Morgan fingerprint density at radius 3 is 2.71 bits per heavy atom. The summed E-state index contributed by atoms with van der Waals surface area (Å²) >= 11 is 0. The lowest BCUT2D eigenvalue weighted by Crippen LogP contribution is -2.13. The fourth-order valence-corrected chi connectivity index (χ4v) is 5.93. The number of carbonyl (C=O) groups excluding carboxylic acids is 1. The van der Waals surface area contributed by atoms with Crippen molar-refractivity contribution in [1.29, 1.82) is 0 Å². The van der Waals surface area contributed by atoms with Crippen molar-refractivity contribution in [3.63, 3.8) is 0 Å². The van der Waals surface area contributed by atoms with Crippen molar-refractivity contribution in [3.8, 4) is 5.75 Å². The number of anilines is 1. The Morgan fingerprint density at radius 2 is 1.82 bits per heavy atom. The van der Waals surface area contributed by atoms with Crippen molar-refractivity contribution in [3.05, 3.63) is 94.0 Å². The van der Waals surface area contributed by atoms with E-state index in [1.165, 1.54) is 42.4 Å². The third-order valence-corrected chi connectivity index (χ3v) is 7.79. The molecule has 2 heterocycles. The molecule has 3 aromatic carbocycles. The van der Waals surface area contributed by atoms with Crippen molar-refractivity contribution in [2.45, 2.75) is 58.0 Å². The Kier molecular flexibility index (Phi) is 5.49. The van der Waals surface area contributed by atoms with Gasteiger partial charge in [-0.1, -0.05) is 74.2 Å². The third kappa shape index (κ3) is 3.94. The maximum atomic E-state index is 12.8. The highest BCUT2D eigenvalue weighted by Crippen LogP contribution is 2.41. The highest BCUT2D eigenvalue weighted by Gasteiger charge is 2.31. The number of hydrogen-bond donors (Lipinski definition) is 1. The summed E-state index contributed by atoms with van der Waals surface area (Å²) < 4.78 is 6.20. The molecule has 1 atom stereocenters. The second kappa shape index (κ2) is 8.79. The average molecular weight is 450 g/mol. The standard InChI is InChI=1S/C31H31NO2/c1-20-10-13-26-28(24-9-5-4-8-23(24)19-34-30(26)16-20)17-22-12-14-25-27(31(33)32-29(25)18-22)15-11-21-6-2-3-7-21/h4-5,8-10,12-14,16-18,21,27H,2-3,6-7,11,15,19H2,1H3,(H,32,33). The summed E-state index contributed by atoms with van der Waals surface area (Å²) in [5.74, 6) is 1.88. The fraction of sp³-hybridized carbons (Fsp3) is 0.323. The normalized spacial score (nSPS) is 20.3. The van der Waals surface area contributed by atoms with Gasteiger partial charge in [-0.2, -0.15) is 0 Å². The summed E-state index contributed by atoms with van der Waals surface area (Å²) in [7, 11) is 0. The van der Waals surface area contributed by atoms with E-state index in [2.05, 4.69) is 79.0 Å². The molecule has 0 saturated heterocycles. The van der Waals surface area contributed by atoms with Gasteiger partial charge in [-0.3, -0.25) is 4.79 Å². The number of rotatable bonds is 4. The van der Waals surface area contributed by atoms with Crippen LogP contribution >= 0.6 is 0 Å². The van der Waals surface area contributed by atoms with Crippen LogP contribution in [0.25, 0.3) is 11.6 Å². The second-order valence-corrected chi connectivity index (χ2v) is 10.1. The molecule has 1 fully saturated rings. The molecule has 1 aliphatic carbocycles. The first-order chi connectivity index (χ1) is 16.7. The summed E-state index contributed by atoms with van der Waals surface area (Å²) in [6, 6.07) is 21.3. The van der Waals surface area contributed by atoms with E-state index in [0.29, 0.717) is 6.61 Å². The maximum Gasteiger partial charge on any atom is 0.232 e. The molecule has 3 aliphatic rings. The number of carbonyl (C=O) groups is 1. The predicted molar refractivity (Wildman–Crippen MR) is 138 cm³/mol. The van der Waals surface area contributed by atoms with Gasteiger partial charge in [-0.15, -0.1) is 0 Å². The Labute approximate surface area is 201 Å². The van der Waals surface area contributed by atoms with E-state index in [1.54, 1.807) is 0 Å². The SMILES string of the molecule is Cc1ccc2c(c1)OCc1ccccc1C2=Cc1ccc2c(c1)NC(=O)C2CCC1CCCC1. The second-order valence-electron chi connectivity index (χ2n) is 10.1. The van der Waals surface area contributed by atoms with Crippen LogP contribution in [0.1, 0.15) is 77.8 Å². The topological polar surface area (TPSA) is 38.3 Å². The van der Waals surface area contributed by atoms with E-state index >= 15 is 0 Å². The Morgan fingerprint density at radius 1 is 0.971 bits per heavy atom. The van der Waals surface area contributed by atoms with Gasteiger partial charge in [0.2, 0.25) is 5.91 Å². The van der Waals surface area contributed by atoms with Crippen LogP contribution in [0.2, 0.25) is 0 Å². The third-order valence-electron chi connectivity index (χ3n) is 7.79. The molecule has 1 N–H and O–H groups in total. The monoisotopic (exact) mass is 449 g/mol. The lowest BCUT2D eigenvalue weighted by Gasteiger charge is -2.13. The summed E-state index contributed by atoms with van der Waals surface area (Å²) in [5.41, 5.74) is 9.05. The number of aryl methyl sites for hydroxylation is 1. The van der Waals surface area contributed by atoms with Crippen LogP contribution in [0, 0.1) is 12.8 Å². The van der Waals surface area contributed by atoms with Gasteiger partial charge in [0.05, 0.1) is 5.92 Å². The van der Waals surface area contributed by atoms with E-state index in [4.69, 9.17) is 4.74 Å². The predicted octanol–water partition coefficient (Wildman–Crippen LogP) is 7.48. The van der Waals surface area contributed by atoms with Crippen LogP contribution in [0.3, 0.4) is 0 Å². The van der Waals surface area contributed by atoms with Crippen LogP contribution in [0.15, 0.2) is 60.7 Å². The number of fused-ring (bicyclic) bond motifs is 3. The quantitative estimate of drug-likeness (QED) is 0.448. The number of benzene rings is 3. The summed E-state index contributed by atoms with van der Waals surface area (Å²) in [5, 5.41) is 3.17. The van der Waals surface area contributed by atoms with Crippen LogP contribution in [-0.2, 0) is 11.4 Å². The summed E-state index contributed by atoms with van der Waals surface area (Å²) in [6.07, 6.45) is 9.73. The van der Waals surface area contributed by atoms with Crippen molar-refractivity contribution >= 4 is 23.2 Å². The summed E-state index contributed by atoms with van der Waals surface area (Å²) in [4.78, 5) is 12.8. The maximum absolute atomic E-state index is 12.8. The van der Waals surface area contributed by atoms with Gasteiger partial charge in [-0.05, 0) is 77.3 Å². The largest absolute Gasteiger partial charge is 0.488 e. The molecule has 1 amide bonds. The molecule has 1 unspecified atom stereocenters. The van der Waals surface area contributed by atoms with Crippen LogP contribution < -0.4 is 10.1 Å². The Hall–Kier alpha value is -3.33. The van der Waals surface area contributed by atoms with Gasteiger partial charge >= 0.3 is 0 Å². The fourth-order valence-electron chi connectivity index (χ4n) is 5.93. The number of amides is 1. The van der Waals surface area contributed by atoms with E-state index in [0.717, 1.165) is 52.5 Å². The number of ether oxygens (including phenoxy) is 1. The van der Waals surface area contributed by atoms with Gasteiger partial charge in [-0.25, -0.2) is 0 Å². The van der Waals surface area contributed by atoms with E-state index in [-0.39, 0.29) is 11.8 Å². The molecule has 0 aromatic heterocycles. The zero-order valence-corrected chi connectivity index (χ0v) is 19.8. The van der Waals surface area contributed by atoms with Crippen LogP contribution in [-0.4, -0.2) is 5.91 Å². The van der Waals surface area contributed by atoms with Crippen molar-refractivity contribution in [2.75, 3.05) is 5.32 Å².